The van der Waals surface area contributed by atoms with Crippen LogP contribution in [0.15, 0.2) is 24.3 Å². The minimum absolute atomic E-state index is 0.0856. The molecule has 0 saturated carbocycles. The standard InChI is InChI=1S/C18H26N4O2/c1-20(2)18(23)22-11-9-21(10-12-22)15-16-6-5-7-17(14-16)24-13-4-3-8-19/h5-7,14H,3-4,9-13,15H2,1-2H3. The summed E-state index contributed by atoms with van der Waals surface area (Å²) < 4.78 is 5.68. The average Bonchev–Trinajstić information content (AvgIpc) is 2.59. The molecule has 0 radical (unpaired) electrons. The number of rotatable bonds is 6. The fourth-order valence-electron chi connectivity index (χ4n) is 2.71. The van der Waals surface area contributed by atoms with Crippen molar-refractivity contribution >= 4 is 6.03 Å². The van der Waals surface area contributed by atoms with E-state index in [2.05, 4.69) is 23.1 Å². The summed E-state index contributed by atoms with van der Waals surface area (Å²) in [5.41, 5.74) is 1.21. The third-order valence-corrected chi connectivity index (χ3v) is 4.03. The van der Waals surface area contributed by atoms with Crippen LogP contribution in [0, 0.1) is 11.3 Å². The normalized spacial score (nSPS) is 15.0. The molecule has 1 aromatic rings. The van der Waals surface area contributed by atoms with Crippen molar-refractivity contribution in [3.63, 3.8) is 0 Å². The number of carbonyl (C=O) groups excluding carboxylic acids is 1. The SMILES string of the molecule is CN(C)C(=O)N1CCN(Cc2cccc(OCCCC#N)c2)CC1. The molecule has 1 aliphatic heterocycles. The first-order valence-corrected chi connectivity index (χ1v) is 8.37. The van der Waals surface area contributed by atoms with E-state index in [1.54, 1.807) is 19.0 Å². The first kappa shape index (κ1) is 18.1. The van der Waals surface area contributed by atoms with Gasteiger partial charge in [-0.1, -0.05) is 12.1 Å². The second kappa shape index (κ2) is 9.14. The molecule has 0 spiro atoms. The molecule has 1 saturated heterocycles. The lowest BCUT2D eigenvalue weighted by atomic mass is 10.2. The molecule has 0 unspecified atom stereocenters. The Hall–Kier alpha value is -2.26. The third-order valence-electron chi connectivity index (χ3n) is 4.03. The van der Waals surface area contributed by atoms with Gasteiger partial charge < -0.3 is 14.5 Å². The molecule has 2 amide bonds. The first-order chi connectivity index (χ1) is 11.6. The molecule has 130 valence electrons. The third kappa shape index (κ3) is 5.43. The fraction of sp³-hybridized carbons (Fsp3) is 0.556. The van der Waals surface area contributed by atoms with Gasteiger partial charge in [-0.3, -0.25) is 4.90 Å². The smallest absolute Gasteiger partial charge is 0.319 e. The summed E-state index contributed by atoms with van der Waals surface area (Å²) in [6.07, 6.45) is 1.28. The van der Waals surface area contributed by atoms with Gasteiger partial charge in [-0.15, -0.1) is 0 Å². The van der Waals surface area contributed by atoms with E-state index in [1.807, 2.05) is 17.0 Å². The second-order valence-corrected chi connectivity index (χ2v) is 6.20. The molecule has 1 fully saturated rings. The molecular formula is C18H26N4O2. The molecular weight excluding hydrogens is 304 g/mol. The number of nitriles is 1. The quantitative estimate of drug-likeness (QED) is 0.750. The molecule has 6 nitrogen and oxygen atoms in total. The summed E-state index contributed by atoms with van der Waals surface area (Å²) in [6, 6.07) is 10.3. The number of unbranched alkanes of at least 4 members (excludes halogenated alkanes) is 1. The van der Waals surface area contributed by atoms with Crippen LogP contribution in [0.5, 0.6) is 5.75 Å². The molecule has 1 aromatic carbocycles. The van der Waals surface area contributed by atoms with Gasteiger partial charge in [0.2, 0.25) is 0 Å². The maximum atomic E-state index is 12.0. The zero-order chi connectivity index (χ0) is 17.4. The van der Waals surface area contributed by atoms with E-state index in [4.69, 9.17) is 10.00 Å². The Morgan fingerprint density at radius 2 is 2.04 bits per heavy atom. The van der Waals surface area contributed by atoms with Gasteiger partial charge >= 0.3 is 6.03 Å². The van der Waals surface area contributed by atoms with E-state index in [1.165, 1.54) is 5.56 Å². The fourth-order valence-corrected chi connectivity index (χ4v) is 2.71. The Bertz CT molecular complexity index is 575. The first-order valence-electron chi connectivity index (χ1n) is 8.37. The minimum atomic E-state index is 0.0856. The number of piperazine rings is 1. The van der Waals surface area contributed by atoms with Gasteiger partial charge in [0.25, 0.3) is 0 Å². The van der Waals surface area contributed by atoms with Crippen molar-refractivity contribution in [3.05, 3.63) is 29.8 Å². The summed E-state index contributed by atoms with van der Waals surface area (Å²) >= 11 is 0. The summed E-state index contributed by atoms with van der Waals surface area (Å²) in [5, 5.41) is 8.53. The zero-order valence-corrected chi connectivity index (χ0v) is 14.6. The number of ether oxygens (including phenoxy) is 1. The van der Waals surface area contributed by atoms with Crippen LogP contribution >= 0.6 is 0 Å². The Balaban J connectivity index is 1.80. The maximum Gasteiger partial charge on any atom is 0.319 e. The number of carbonyl (C=O) groups is 1. The predicted molar refractivity (Wildman–Crippen MR) is 92.7 cm³/mol. The highest BCUT2D eigenvalue weighted by molar-refractivity contribution is 5.73. The van der Waals surface area contributed by atoms with Crippen LogP contribution in [0.4, 0.5) is 4.79 Å². The van der Waals surface area contributed by atoms with E-state index in [9.17, 15) is 4.79 Å². The van der Waals surface area contributed by atoms with Crippen LogP contribution in [0.1, 0.15) is 18.4 Å². The lowest BCUT2D eigenvalue weighted by molar-refractivity contribution is 0.120. The van der Waals surface area contributed by atoms with E-state index in [0.717, 1.165) is 44.9 Å². The predicted octanol–water partition coefficient (Wildman–Crippen LogP) is 2.17. The molecule has 0 atom stereocenters. The average molecular weight is 330 g/mol. The van der Waals surface area contributed by atoms with Crippen molar-refractivity contribution < 1.29 is 9.53 Å². The highest BCUT2D eigenvalue weighted by Gasteiger charge is 2.22. The Labute approximate surface area is 144 Å². The number of hydrogen-bond donors (Lipinski definition) is 0. The largest absolute Gasteiger partial charge is 0.494 e. The van der Waals surface area contributed by atoms with E-state index >= 15 is 0 Å². The minimum Gasteiger partial charge on any atom is -0.494 e. The molecule has 0 N–H and O–H groups in total. The lowest BCUT2D eigenvalue weighted by Crippen LogP contribution is -2.51. The zero-order valence-electron chi connectivity index (χ0n) is 14.6. The highest BCUT2D eigenvalue weighted by Crippen LogP contribution is 2.16. The molecule has 0 bridgehead atoms. The van der Waals surface area contributed by atoms with Crippen LogP contribution in [0.2, 0.25) is 0 Å². The molecule has 2 rings (SSSR count). The molecule has 0 aliphatic carbocycles. The van der Waals surface area contributed by atoms with Gasteiger partial charge in [0.05, 0.1) is 12.7 Å². The summed E-state index contributed by atoms with van der Waals surface area (Å²) in [4.78, 5) is 17.8. The summed E-state index contributed by atoms with van der Waals surface area (Å²) in [6.45, 7) is 4.73. The lowest BCUT2D eigenvalue weighted by Gasteiger charge is -2.36. The maximum absolute atomic E-state index is 12.0. The number of hydrogen-bond acceptors (Lipinski definition) is 4. The Kier molecular flexibility index (Phi) is 6.89. The second-order valence-electron chi connectivity index (χ2n) is 6.20. The van der Waals surface area contributed by atoms with Gasteiger partial charge in [-0.2, -0.15) is 5.26 Å². The van der Waals surface area contributed by atoms with E-state index < -0.39 is 0 Å². The number of benzene rings is 1. The number of amides is 2. The van der Waals surface area contributed by atoms with Crippen molar-refractivity contribution in [1.29, 1.82) is 5.26 Å². The van der Waals surface area contributed by atoms with E-state index in [0.29, 0.717) is 13.0 Å². The van der Waals surface area contributed by atoms with Crippen molar-refractivity contribution in [2.24, 2.45) is 0 Å². The topological polar surface area (TPSA) is 59.8 Å². The van der Waals surface area contributed by atoms with E-state index in [-0.39, 0.29) is 6.03 Å². The number of nitrogens with zero attached hydrogens (tertiary/aromatic N) is 4. The van der Waals surface area contributed by atoms with Crippen molar-refractivity contribution in [1.82, 2.24) is 14.7 Å². The van der Waals surface area contributed by atoms with Crippen LogP contribution in [-0.2, 0) is 6.54 Å². The molecule has 0 aromatic heterocycles. The van der Waals surface area contributed by atoms with Crippen molar-refractivity contribution in [3.8, 4) is 11.8 Å². The van der Waals surface area contributed by atoms with Crippen molar-refractivity contribution in [2.45, 2.75) is 19.4 Å². The molecule has 6 heteroatoms. The van der Waals surface area contributed by atoms with Crippen molar-refractivity contribution in [2.75, 3.05) is 46.9 Å². The monoisotopic (exact) mass is 330 g/mol. The molecule has 1 aliphatic rings. The summed E-state index contributed by atoms with van der Waals surface area (Å²) in [5.74, 6) is 0.854. The van der Waals surface area contributed by atoms with Crippen LogP contribution in [-0.4, -0.2) is 67.6 Å². The number of urea groups is 1. The Morgan fingerprint density at radius 1 is 1.29 bits per heavy atom. The van der Waals surface area contributed by atoms with Gasteiger partial charge in [-0.05, 0) is 24.1 Å². The van der Waals surface area contributed by atoms with Crippen LogP contribution < -0.4 is 4.74 Å². The van der Waals surface area contributed by atoms with Gasteiger partial charge in [0, 0.05) is 53.2 Å². The Morgan fingerprint density at radius 3 is 2.71 bits per heavy atom. The summed E-state index contributed by atoms with van der Waals surface area (Å²) in [7, 11) is 3.58. The van der Waals surface area contributed by atoms with Gasteiger partial charge in [0.1, 0.15) is 5.75 Å². The van der Waals surface area contributed by atoms with Gasteiger partial charge in [0.15, 0.2) is 0 Å². The molecule has 24 heavy (non-hydrogen) atoms. The van der Waals surface area contributed by atoms with Crippen LogP contribution in [0.25, 0.3) is 0 Å². The van der Waals surface area contributed by atoms with Crippen LogP contribution in [0.3, 0.4) is 0 Å². The molecule has 1 heterocycles. The van der Waals surface area contributed by atoms with Gasteiger partial charge in [-0.25, -0.2) is 4.79 Å². The highest BCUT2D eigenvalue weighted by atomic mass is 16.5.